The third-order valence-corrected chi connectivity index (χ3v) is 4.48. The predicted molar refractivity (Wildman–Crippen MR) is 80.2 cm³/mol. The summed E-state index contributed by atoms with van der Waals surface area (Å²) in [7, 11) is 0. The molecular formula is C14H25BrN2O2. The normalized spacial score (nSPS) is 19.0. The van der Waals surface area contributed by atoms with Crippen LogP contribution in [0, 0.1) is 11.3 Å². The molecule has 1 aliphatic heterocycles. The van der Waals surface area contributed by atoms with Crippen molar-refractivity contribution in [3.63, 3.8) is 0 Å². The zero-order valence-corrected chi connectivity index (χ0v) is 14.0. The van der Waals surface area contributed by atoms with Gasteiger partial charge in [0.15, 0.2) is 0 Å². The van der Waals surface area contributed by atoms with Crippen LogP contribution in [0.5, 0.6) is 0 Å². The number of nitrogens with zero attached hydrogens (tertiary/aromatic N) is 2. The standard InChI is InChI=1S/C14H25BrN2O2/c1-5-6-16-9-13(19)17(10-12(16)18)8-11(7-15)14(2,3)4/h11H,5-10H2,1-4H3. The molecule has 0 aliphatic carbocycles. The summed E-state index contributed by atoms with van der Waals surface area (Å²) in [6, 6.07) is 0. The Morgan fingerprint density at radius 1 is 1.16 bits per heavy atom. The van der Waals surface area contributed by atoms with Gasteiger partial charge in [-0.2, -0.15) is 0 Å². The molecule has 1 aliphatic rings. The maximum atomic E-state index is 12.1. The molecule has 1 saturated heterocycles. The molecule has 1 atom stereocenters. The molecular weight excluding hydrogens is 308 g/mol. The Bertz CT molecular complexity index is 339. The average Bonchev–Trinajstić information content (AvgIpc) is 2.30. The van der Waals surface area contributed by atoms with Crippen LogP contribution in [0.2, 0.25) is 0 Å². The molecule has 1 fully saturated rings. The van der Waals surface area contributed by atoms with Crippen molar-refractivity contribution >= 4 is 27.7 Å². The van der Waals surface area contributed by atoms with E-state index in [0.29, 0.717) is 19.0 Å². The molecule has 0 bridgehead atoms. The summed E-state index contributed by atoms with van der Waals surface area (Å²) >= 11 is 3.52. The first-order chi connectivity index (χ1) is 8.79. The lowest BCUT2D eigenvalue weighted by atomic mass is 9.81. The number of rotatable bonds is 5. The van der Waals surface area contributed by atoms with E-state index in [1.807, 2.05) is 6.92 Å². The third-order valence-electron chi connectivity index (χ3n) is 3.70. The van der Waals surface area contributed by atoms with Crippen molar-refractivity contribution in [1.82, 2.24) is 9.80 Å². The van der Waals surface area contributed by atoms with Crippen LogP contribution in [-0.2, 0) is 9.59 Å². The predicted octanol–water partition coefficient (Wildman–Crippen LogP) is 2.12. The summed E-state index contributed by atoms with van der Waals surface area (Å²) in [4.78, 5) is 27.5. The fourth-order valence-corrected chi connectivity index (χ4v) is 3.34. The summed E-state index contributed by atoms with van der Waals surface area (Å²) in [5.74, 6) is 0.494. The van der Waals surface area contributed by atoms with Crippen LogP contribution in [0.3, 0.4) is 0 Å². The summed E-state index contributed by atoms with van der Waals surface area (Å²) in [5, 5.41) is 0.840. The highest BCUT2D eigenvalue weighted by atomic mass is 79.9. The SMILES string of the molecule is CCCN1CC(=O)N(CC(CBr)C(C)(C)C)CC1=O. The largest absolute Gasteiger partial charge is 0.332 e. The fraction of sp³-hybridized carbons (Fsp3) is 0.857. The van der Waals surface area contributed by atoms with Gasteiger partial charge in [0.2, 0.25) is 11.8 Å². The molecule has 0 saturated carbocycles. The minimum atomic E-state index is 0.0725. The maximum absolute atomic E-state index is 12.1. The monoisotopic (exact) mass is 332 g/mol. The second kappa shape index (κ2) is 6.73. The second-order valence-electron chi connectivity index (χ2n) is 6.31. The lowest BCUT2D eigenvalue weighted by molar-refractivity contribution is -0.150. The number of hydrogen-bond acceptors (Lipinski definition) is 2. The van der Waals surface area contributed by atoms with Gasteiger partial charge in [0.25, 0.3) is 0 Å². The summed E-state index contributed by atoms with van der Waals surface area (Å²) in [6.45, 7) is 10.3. The van der Waals surface area contributed by atoms with Crippen LogP contribution in [0.25, 0.3) is 0 Å². The van der Waals surface area contributed by atoms with Crippen LogP contribution < -0.4 is 0 Å². The lowest BCUT2D eigenvalue weighted by Gasteiger charge is -2.38. The Kier molecular flexibility index (Phi) is 5.83. The van der Waals surface area contributed by atoms with Gasteiger partial charge in [-0.1, -0.05) is 43.6 Å². The zero-order valence-electron chi connectivity index (χ0n) is 12.4. The number of alkyl halides is 1. The molecule has 0 aromatic heterocycles. The highest BCUT2D eigenvalue weighted by molar-refractivity contribution is 9.09. The average molecular weight is 333 g/mol. The fourth-order valence-electron chi connectivity index (χ4n) is 2.16. The minimum absolute atomic E-state index is 0.0725. The van der Waals surface area contributed by atoms with Gasteiger partial charge >= 0.3 is 0 Å². The number of amides is 2. The van der Waals surface area contributed by atoms with Crippen LogP contribution >= 0.6 is 15.9 Å². The Balaban J connectivity index is 2.66. The molecule has 0 aromatic carbocycles. The van der Waals surface area contributed by atoms with Gasteiger partial charge in [-0.3, -0.25) is 9.59 Å². The number of halogens is 1. The van der Waals surface area contributed by atoms with Crippen molar-refractivity contribution in [3.8, 4) is 0 Å². The van der Waals surface area contributed by atoms with E-state index in [-0.39, 0.29) is 30.3 Å². The Morgan fingerprint density at radius 2 is 1.68 bits per heavy atom. The highest BCUT2D eigenvalue weighted by Gasteiger charge is 2.33. The number of hydrogen-bond donors (Lipinski definition) is 0. The summed E-state index contributed by atoms with van der Waals surface area (Å²) in [6.07, 6.45) is 0.894. The molecule has 1 rings (SSSR count). The Labute approximate surface area is 124 Å². The molecule has 110 valence electrons. The molecule has 0 radical (unpaired) electrons. The Hall–Kier alpha value is -0.580. The third kappa shape index (κ3) is 4.48. The minimum Gasteiger partial charge on any atom is -0.332 e. The molecule has 5 heteroatoms. The van der Waals surface area contributed by atoms with Gasteiger partial charge in [-0.25, -0.2) is 0 Å². The van der Waals surface area contributed by atoms with E-state index in [2.05, 4.69) is 36.7 Å². The lowest BCUT2D eigenvalue weighted by Crippen LogP contribution is -2.55. The highest BCUT2D eigenvalue weighted by Crippen LogP contribution is 2.28. The molecule has 1 heterocycles. The van der Waals surface area contributed by atoms with Gasteiger partial charge in [-0.05, 0) is 17.8 Å². The van der Waals surface area contributed by atoms with Crippen molar-refractivity contribution in [1.29, 1.82) is 0 Å². The number of piperazine rings is 1. The molecule has 2 amide bonds. The molecule has 4 nitrogen and oxygen atoms in total. The maximum Gasteiger partial charge on any atom is 0.242 e. The van der Waals surface area contributed by atoms with E-state index >= 15 is 0 Å². The van der Waals surface area contributed by atoms with Gasteiger partial charge in [0.05, 0.1) is 13.1 Å². The molecule has 0 spiro atoms. The molecule has 0 aromatic rings. The number of carbonyl (C=O) groups is 2. The van der Waals surface area contributed by atoms with E-state index < -0.39 is 0 Å². The Morgan fingerprint density at radius 3 is 2.16 bits per heavy atom. The van der Waals surface area contributed by atoms with Gasteiger partial charge in [0.1, 0.15) is 0 Å². The topological polar surface area (TPSA) is 40.6 Å². The smallest absolute Gasteiger partial charge is 0.242 e. The van der Waals surface area contributed by atoms with Gasteiger partial charge < -0.3 is 9.80 Å². The van der Waals surface area contributed by atoms with Gasteiger partial charge in [-0.15, -0.1) is 0 Å². The van der Waals surface area contributed by atoms with E-state index in [9.17, 15) is 9.59 Å². The van der Waals surface area contributed by atoms with E-state index in [1.54, 1.807) is 9.80 Å². The first kappa shape index (κ1) is 16.5. The van der Waals surface area contributed by atoms with Gasteiger partial charge in [0, 0.05) is 18.4 Å². The summed E-state index contributed by atoms with van der Waals surface area (Å²) in [5.41, 5.74) is 0.118. The van der Waals surface area contributed by atoms with Crippen LogP contribution in [0.4, 0.5) is 0 Å². The van der Waals surface area contributed by atoms with Crippen LogP contribution in [0.15, 0.2) is 0 Å². The quantitative estimate of drug-likeness (QED) is 0.723. The van der Waals surface area contributed by atoms with Crippen molar-refractivity contribution in [2.24, 2.45) is 11.3 Å². The molecule has 19 heavy (non-hydrogen) atoms. The zero-order chi connectivity index (χ0) is 14.6. The second-order valence-corrected chi connectivity index (χ2v) is 6.95. The van der Waals surface area contributed by atoms with E-state index in [1.165, 1.54) is 0 Å². The van der Waals surface area contributed by atoms with E-state index in [4.69, 9.17) is 0 Å². The first-order valence-electron chi connectivity index (χ1n) is 6.91. The first-order valence-corrected chi connectivity index (χ1v) is 8.03. The van der Waals surface area contributed by atoms with Crippen molar-refractivity contribution in [2.75, 3.05) is 31.5 Å². The van der Waals surface area contributed by atoms with E-state index in [0.717, 1.165) is 11.8 Å². The number of carbonyl (C=O) groups excluding carboxylic acids is 2. The van der Waals surface area contributed by atoms with Crippen molar-refractivity contribution in [3.05, 3.63) is 0 Å². The molecule has 1 unspecified atom stereocenters. The van der Waals surface area contributed by atoms with Crippen molar-refractivity contribution < 1.29 is 9.59 Å². The van der Waals surface area contributed by atoms with Crippen LogP contribution in [0.1, 0.15) is 34.1 Å². The summed E-state index contributed by atoms with van der Waals surface area (Å²) < 4.78 is 0. The van der Waals surface area contributed by atoms with Crippen molar-refractivity contribution in [2.45, 2.75) is 34.1 Å². The van der Waals surface area contributed by atoms with Crippen LogP contribution in [-0.4, -0.2) is 53.1 Å². The molecule has 0 N–H and O–H groups in total.